The molecule has 0 saturated carbocycles. The Morgan fingerprint density at radius 2 is 1.39 bits per heavy atom. The molecule has 3 aromatic rings. The Kier molecular flexibility index (Phi) is 9.47. The van der Waals surface area contributed by atoms with Gasteiger partial charge in [0.05, 0.1) is 19.8 Å². The van der Waals surface area contributed by atoms with Crippen molar-refractivity contribution in [3.05, 3.63) is 89.5 Å². The molecular formula is C29H31NO6. The maximum absolute atomic E-state index is 12.2. The molecule has 0 aliphatic heterocycles. The maximum atomic E-state index is 12.2. The maximum Gasteiger partial charge on any atom is 0.407 e. The number of rotatable bonds is 14. The smallest absolute Gasteiger partial charge is 0.407 e. The van der Waals surface area contributed by atoms with Crippen molar-refractivity contribution in [3.8, 4) is 16.9 Å². The predicted octanol–water partition coefficient (Wildman–Crippen LogP) is 4.84. The van der Waals surface area contributed by atoms with E-state index >= 15 is 0 Å². The van der Waals surface area contributed by atoms with E-state index in [1.165, 1.54) is 22.3 Å². The number of hydrogen-bond acceptors (Lipinski definition) is 6. The largest absolute Gasteiger partial charge is 0.491 e. The number of carbonyl (C=O) groups excluding carboxylic acids is 2. The molecule has 0 saturated heterocycles. The summed E-state index contributed by atoms with van der Waals surface area (Å²) in [5, 5.41) is 2.79. The van der Waals surface area contributed by atoms with Crippen molar-refractivity contribution in [2.45, 2.75) is 12.3 Å². The molecule has 0 bridgehead atoms. The summed E-state index contributed by atoms with van der Waals surface area (Å²) in [6.45, 7) is 3.11. The second-order valence-corrected chi connectivity index (χ2v) is 8.37. The first-order chi connectivity index (χ1) is 17.8. The van der Waals surface area contributed by atoms with Gasteiger partial charge in [-0.1, -0.05) is 48.5 Å². The van der Waals surface area contributed by atoms with Crippen LogP contribution >= 0.6 is 0 Å². The molecule has 7 nitrogen and oxygen atoms in total. The summed E-state index contributed by atoms with van der Waals surface area (Å²) in [6.07, 6.45) is 1.06. The molecular weight excluding hydrogens is 458 g/mol. The third-order valence-corrected chi connectivity index (χ3v) is 5.96. The summed E-state index contributed by atoms with van der Waals surface area (Å²) in [5.74, 6) is 0.754. The van der Waals surface area contributed by atoms with Crippen molar-refractivity contribution < 1.29 is 28.5 Å². The summed E-state index contributed by atoms with van der Waals surface area (Å²) in [4.78, 5) is 22.8. The van der Waals surface area contributed by atoms with Gasteiger partial charge in [-0.3, -0.25) is 4.79 Å². The Morgan fingerprint density at radius 3 is 2.06 bits per heavy atom. The molecule has 0 heterocycles. The third-order valence-electron chi connectivity index (χ3n) is 5.96. The van der Waals surface area contributed by atoms with Crippen molar-refractivity contribution in [1.82, 2.24) is 5.32 Å². The van der Waals surface area contributed by atoms with E-state index < -0.39 is 6.09 Å². The van der Waals surface area contributed by atoms with E-state index in [0.29, 0.717) is 63.9 Å². The van der Waals surface area contributed by atoms with Crippen LogP contribution in [0.5, 0.6) is 5.75 Å². The fraction of sp³-hybridized carbons (Fsp3) is 0.310. The number of amides is 1. The Bertz CT molecular complexity index is 1090. The van der Waals surface area contributed by atoms with Crippen LogP contribution in [-0.2, 0) is 14.2 Å². The highest BCUT2D eigenvalue weighted by molar-refractivity contribution is 5.79. The minimum atomic E-state index is -0.416. The average Bonchev–Trinajstić information content (AvgIpc) is 3.24. The van der Waals surface area contributed by atoms with Gasteiger partial charge in [-0.25, -0.2) is 4.79 Å². The molecule has 36 heavy (non-hydrogen) atoms. The molecule has 1 aliphatic rings. The normalized spacial score (nSPS) is 12.0. The van der Waals surface area contributed by atoms with Crippen LogP contribution < -0.4 is 10.1 Å². The van der Waals surface area contributed by atoms with Gasteiger partial charge >= 0.3 is 6.09 Å². The number of nitrogens with one attached hydrogen (secondary N) is 1. The van der Waals surface area contributed by atoms with E-state index in [2.05, 4.69) is 29.6 Å². The van der Waals surface area contributed by atoms with Crippen LogP contribution in [0.15, 0.2) is 72.8 Å². The fourth-order valence-electron chi connectivity index (χ4n) is 4.20. The number of alkyl carbamates (subject to hydrolysis) is 1. The number of aldehydes is 1. The number of carbonyl (C=O) groups is 2. The van der Waals surface area contributed by atoms with E-state index in [4.69, 9.17) is 18.9 Å². The van der Waals surface area contributed by atoms with Crippen molar-refractivity contribution in [2.75, 3.05) is 46.2 Å². The lowest BCUT2D eigenvalue weighted by atomic mass is 9.98. The van der Waals surface area contributed by atoms with Gasteiger partial charge in [0.1, 0.15) is 25.2 Å². The van der Waals surface area contributed by atoms with Crippen LogP contribution in [0.3, 0.4) is 0 Å². The fourth-order valence-corrected chi connectivity index (χ4v) is 4.20. The van der Waals surface area contributed by atoms with Crippen molar-refractivity contribution in [1.29, 1.82) is 0 Å². The number of ether oxygens (including phenoxy) is 4. The summed E-state index contributed by atoms with van der Waals surface area (Å²) < 4.78 is 22.1. The van der Waals surface area contributed by atoms with Gasteiger partial charge < -0.3 is 24.3 Å². The van der Waals surface area contributed by atoms with Gasteiger partial charge in [0.2, 0.25) is 0 Å². The standard InChI is InChI=1S/C29H31NO6/c31-20-22-10-12-23(13-11-22)35-19-18-34-17-16-33-15-5-14-30-29(32)36-21-28-26-8-3-1-6-24(26)25-7-2-4-9-27(25)28/h1-4,6-13,20,28H,5,14-19,21H2,(H,30,32). The lowest BCUT2D eigenvalue weighted by Gasteiger charge is -2.14. The first-order valence-electron chi connectivity index (χ1n) is 12.2. The van der Waals surface area contributed by atoms with Gasteiger partial charge in [0.25, 0.3) is 0 Å². The molecule has 3 aromatic carbocycles. The van der Waals surface area contributed by atoms with Crippen LogP contribution in [0, 0.1) is 0 Å². The molecule has 0 atom stereocenters. The Morgan fingerprint density at radius 1 is 0.778 bits per heavy atom. The van der Waals surface area contributed by atoms with E-state index in [0.717, 1.165) is 6.29 Å². The topological polar surface area (TPSA) is 83.1 Å². The SMILES string of the molecule is O=Cc1ccc(OCCOCCOCCCNC(=O)OCC2c3ccccc3-c3ccccc32)cc1. The summed E-state index contributed by atoms with van der Waals surface area (Å²) in [6, 6.07) is 23.5. The zero-order chi connectivity index (χ0) is 25.0. The molecule has 1 aliphatic carbocycles. The van der Waals surface area contributed by atoms with Gasteiger partial charge in [-0.15, -0.1) is 0 Å². The lowest BCUT2D eigenvalue weighted by molar-refractivity contribution is 0.0357. The van der Waals surface area contributed by atoms with Gasteiger partial charge in [-0.05, 0) is 52.9 Å². The van der Waals surface area contributed by atoms with E-state index in [1.54, 1.807) is 24.3 Å². The van der Waals surface area contributed by atoms with Gasteiger partial charge in [0, 0.05) is 24.6 Å². The van der Waals surface area contributed by atoms with Crippen LogP contribution in [0.2, 0.25) is 0 Å². The minimum absolute atomic E-state index is 0.0555. The average molecular weight is 490 g/mol. The van der Waals surface area contributed by atoms with E-state index in [9.17, 15) is 9.59 Å². The second-order valence-electron chi connectivity index (χ2n) is 8.37. The predicted molar refractivity (Wildman–Crippen MR) is 137 cm³/mol. The molecule has 0 unspecified atom stereocenters. The van der Waals surface area contributed by atoms with Crippen molar-refractivity contribution >= 4 is 12.4 Å². The summed E-state index contributed by atoms with van der Waals surface area (Å²) in [5.41, 5.74) is 5.43. The molecule has 0 spiro atoms. The Balaban J connectivity index is 1.02. The molecule has 1 amide bonds. The van der Waals surface area contributed by atoms with Crippen LogP contribution in [-0.4, -0.2) is 58.6 Å². The lowest BCUT2D eigenvalue weighted by Crippen LogP contribution is -2.27. The number of hydrogen-bond donors (Lipinski definition) is 1. The molecule has 0 radical (unpaired) electrons. The molecule has 1 N–H and O–H groups in total. The molecule has 0 fully saturated rings. The van der Waals surface area contributed by atoms with Crippen LogP contribution in [0.1, 0.15) is 33.8 Å². The minimum Gasteiger partial charge on any atom is -0.491 e. The first kappa shape index (κ1) is 25.4. The van der Waals surface area contributed by atoms with Crippen molar-refractivity contribution in [2.24, 2.45) is 0 Å². The molecule has 188 valence electrons. The monoisotopic (exact) mass is 489 g/mol. The van der Waals surface area contributed by atoms with Crippen LogP contribution in [0.25, 0.3) is 11.1 Å². The molecule has 7 heteroatoms. The second kappa shape index (κ2) is 13.4. The number of benzene rings is 3. The quantitative estimate of drug-likeness (QED) is 0.258. The Hall–Kier alpha value is -3.68. The van der Waals surface area contributed by atoms with E-state index in [-0.39, 0.29) is 5.92 Å². The number of fused-ring (bicyclic) bond motifs is 3. The van der Waals surface area contributed by atoms with E-state index in [1.807, 2.05) is 24.3 Å². The molecule has 4 rings (SSSR count). The van der Waals surface area contributed by atoms with Gasteiger partial charge in [-0.2, -0.15) is 0 Å². The highest BCUT2D eigenvalue weighted by Crippen LogP contribution is 2.44. The highest BCUT2D eigenvalue weighted by Gasteiger charge is 2.28. The van der Waals surface area contributed by atoms with Crippen LogP contribution in [0.4, 0.5) is 4.79 Å². The molecule has 0 aromatic heterocycles. The Labute approximate surface area is 211 Å². The first-order valence-corrected chi connectivity index (χ1v) is 12.2. The zero-order valence-electron chi connectivity index (χ0n) is 20.2. The van der Waals surface area contributed by atoms with Gasteiger partial charge in [0.15, 0.2) is 0 Å². The highest BCUT2D eigenvalue weighted by atomic mass is 16.6. The summed E-state index contributed by atoms with van der Waals surface area (Å²) in [7, 11) is 0. The third kappa shape index (κ3) is 6.93. The zero-order valence-corrected chi connectivity index (χ0v) is 20.2. The summed E-state index contributed by atoms with van der Waals surface area (Å²) >= 11 is 0. The van der Waals surface area contributed by atoms with Crippen molar-refractivity contribution in [3.63, 3.8) is 0 Å².